The highest BCUT2D eigenvalue weighted by Gasteiger charge is 2.32. The minimum atomic E-state index is -0.331. The van der Waals surface area contributed by atoms with Crippen molar-refractivity contribution in [2.45, 2.75) is 37.3 Å². The van der Waals surface area contributed by atoms with Crippen LogP contribution in [0.4, 0.5) is 0 Å². The molecule has 20 heavy (non-hydrogen) atoms. The highest BCUT2D eigenvalue weighted by atomic mass is 32.2. The van der Waals surface area contributed by atoms with Gasteiger partial charge in [0, 0.05) is 13.1 Å². The molecular formula is C13H20N4O2S. The van der Waals surface area contributed by atoms with Gasteiger partial charge in [0.1, 0.15) is 0 Å². The van der Waals surface area contributed by atoms with Gasteiger partial charge in [0.05, 0.1) is 5.75 Å². The van der Waals surface area contributed by atoms with Crippen molar-refractivity contribution in [1.29, 1.82) is 0 Å². The quantitative estimate of drug-likeness (QED) is 0.819. The van der Waals surface area contributed by atoms with E-state index in [1.807, 2.05) is 4.90 Å². The molecule has 0 radical (unpaired) electrons. The number of nitrogens with one attached hydrogen (secondary N) is 2. The minimum Gasteiger partial charge on any atom is -0.342 e. The maximum atomic E-state index is 12.2. The highest BCUT2D eigenvalue weighted by molar-refractivity contribution is 7.99. The monoisotopic (exact) mass is 296 g/mol. The number of rotatable bonds is 4. The Morgan fingerprint density at radius 3 is 2.80 bits per heavy atom. The van der Waals surface area contributed by atoms with E-state index in [1.165, 1.54) is 37.4 Å². The van der Waals surface area contributed by atoms with E-state index >= 15 is 0 Å². The lowest BCUT2D eigenvalue weighted by Crippen LogP contribution is -2.31. The van der Waals surface area contributed by atoms with Crippen molar-refractivity contribution in [2.75, 3.05) is 18.8 Å². The Hall–Kier alpha value is -1.24. The molecule has 2 aliphatic rings. The summed E-state index contributed by atoms with van der Waals surface area (Å²) in [7, 11) is 0. The summed E-state index contributed by atoms with van der Waals surface area (Å²) in [4.78, 5) is 27.6. The fourth-order valence-electron chi connectivity index (χ4n) is 3.37. The standard InChI is InChI=1S/C13H20N4O2S/c18-11(8-20-13-14-12(19)15-16-13)17-6-5-10(7-17)9-3-1-2-4-9/h9-10H,1-8H2,(H2,14,15,16,19). The summed E-state index contributed by atoms with van der Waals surface area (Å²) < 4.78 is 0. The number of likely N-dealkylation sites (tertiary alicyclic amines) is 1. The lowest BCUT2D eigenvalue weighted by molar-refractivity contribution is -0.127. The van der Waals surface area contributed by atoms with Gasteiger partial charge in [-0.3, -0.25) is 9.78 Å². The van der Waals surface area contributed by atoms with Crippen LogP contribution in [-0.2, 0) is 4.79 Å². The van der Waals surface area contributed by atoms with E-state index in [9.17, 15) is 9.59 Å². The number of aromatic amines is 2. The molecule has 1 amide bonds. The second-order valence-electron chi connectivity index (χ2n) is 5.70. The molecule has 2 fully saturated rings. The Bertz CT molecular complexity index is 520. The number of thioether (sulfide) groups is 1. The van der Waals surface area contributed by atoms with Crippen LogP contribution < -0.4 is 5.69 Å². The van der Waals surface area contributed by atoms with Gasteiger partial charge in [0.25, 0.3) is 0 Å². The first-order valence-electron chi connectivity index (χ1n) is 7.27. The maximum absolute atomic E-state index is 12.2. The molecule has 7 heteroatoms. The molecule has 0 bridgehead atoms. The molecule has 0 spiro atoms. The van der Waals surface area contributed by atoms with Crippen molar-refractivity contribution >= 4 is 17.7 Å². The van der Waals surface area contributed by atoms with Crippen LogP contribution in [-0.4, -0.2) is 44.8 Å². The van der Waals surface area contributed by atoms with Gasteiger partial charge in [-0.05, 0) is 18.3 Å². The van der Waals surface area contributed by atoms with Crippen molar-refractivity contribution < 1.29 is 4.79 Å². The molecule has 1 atom stereocenters. The number of aromatic nitrogens is 3. The molecule has 0 aromatic carbocycles. The third-order valence-corrected chi connectivity index (χ3v) is 5.31. The lowest BCUT2D eigenvalue weighted by Gasteiger charge is -2.19. The Morgan fingerprint density at radius 2 is 2.10 bits per heavy atom. The first kappa shape index (κ1) is 13.7. The van der Waals surface area contributed by atoms with E-state index < -0.39 is 0 Å². The Labute approximate surface area is 121 Å². The van der Waals surface area contributed by atoms with Gasteiger partial charge in [-0.25, -0.2) is 9.89 Å². The average molecular weight is 296 g/mol. The fraction of sp³-hybridized carbons (Fsp3) is 0.769. The lowest BCUT2D eigenvalue weighted by atomic mass is 9.90. The molecule has 6 nitrogen and oxygen atoms in total. The van der Waals surface area contributed by atoms with Crippen LogP contribution in [0.15, 0.2) is 9.95 Å². The number of carbonyl (C=O) groups excluding carboxylic acids is 1. The average Bonchev–Trinajstić information content (AvgIpc) is 3.16. The Morgan fingerprint density at radius 1 is 1.30 bits per heavy atom. The summed E-state index contributed by atoms with van der Waals surface area (Å²) in [5.41, 5.74) is -0.331. The third kappa shape index (κ3) is 3.08. The van der Waals surface area contributed by atoms with Gasteiger partial charge < -0.3 is 4.90 Å². The van der Waals surface area contributed by atoms with Crippen molar-refractivity contribution in [3.8, 4) is 0 Å². The van der Waals surface area contributed by atoms with Crippen LogP contribution >= 0.6 is 11.8 Å². The Kier molecular flexibility index (Phi) is 4.14. The molecule has 1 aromatic heterocycles. The largest absolute Gasteiger partial charge is 0.342 e. The number of hydrogen-bond donors (Lipinski definition) is 2. The van der Waals surface area contributed by atoms with E-state index in [4.69, 9.17) is 0 Å². The number of nitrogens with zero attached hydrogens (tertiary/aromatic N) is 2. The molecule has 1 aliphatic heterocycles. The molecule has 2 heterocycles. The van der Waals surface area contributed by atoms with E-state index in [0.717, 1.165) is 25.4 Å². The molecule has 2 N–H and O–H groups in total. The molecule has 1 saturated carbocycles. The predicted octanol–water partition coefficient (Wildman–Crippen LogP) is 1.23. The van der Waals surface area contributed by atoms with Crippen LogP contribution in [0.2, 0.25) is 0 Å². The van der Waals surface area contributed by atoms with Crippen molar-refractivity contribution in [1.82, 2.24) is 20.1 Å². The zero-order valence-electron chi connectivity index (χ0n) is 11.4. The van der Waals surface area contributed by atoms with Crippen molar-refractivity contribution in [3.63, 3.8) is 0 Å². The van der Waals surface area contributed by atoms with E-state index in [2.05, 4.69) is 15.2 Å². The third-order valence-electron chi connectivity index (χ3n) is 4.46. The van der Waals surface area contributed by atoms with Gasteiger partial charge in [0.15, 0.2) is 5.16 Å². The second kappa shape index (κ2) is 6.03. The number of amides is 1. The van der Waals surface area contributed by atoms with Crippen LogP contribution in [0.1, 0.15) is 32.1 Å². The normalized spacial score (nSPS) is 23.6. The minimum absolute atomic E-state index is 0.152. The first-order chi connectivity index (χ1) is 9.72. The molecule has 1 unspecified atom stereocenters. The summed E-state index contributed by atoms with van der Waals surface area (Å²) >= 11 is 1.28. The molecule has 1 saturated heterocycles. The smallest absolute Gasteiger partial charge is 0.341 e. The van der Waals surface area contributed by atoms with Gasteiger partial charge >= 0.3 is 5.69 Å². The van der Waals surface area contributed by atoms with E-state index in [0.29, 0.717) is 16.8 Å². The topological polar surface area (TPSA) is 81.8 Å². The molecule has 1 aliphatic carbocycles. The molecular weight excluding hydrogens is 276 g/mol. The zero-order valence-corrected chi connectivity index (χ0v) is 12.2. The van der Waals surface area contributed by atoms with Gasteiger partial charge in [-0.2, -0.15) is 0 Å². The van der Waals surface area contributed by atoms with Crippen molar-refractivity contribution in [2.24, 2.45) is 11.8 Å². The maximum Gasteiger partial charge on any atom is 0.341 e. The summed E-state index contributed by atoms with van der Waals surface area (Å²) in [6, 6.07) is 0. The summed E-state index contributed by atoms with van der Waals surface area (Å²) in [5, 5.41) is 6.57. The van der Waals surface area contributed by atoms with Gasteiger partial charge in [0.2, 0.25) is 5.91 Å². The predicted molar refractivity (Wildman–Crippen MR) is 76.6 cm³/mol. The molecule has 1 aromatic rings. The summed E-state index contributed by atoms with van der Waals surface area (Å²) in [5.74, 6) is 2.04. The van der Waals surface area contributed by atoms with Gasteiger partial charge in [-0.1, -0.05) is 37.4 Å². The first-order valence-corrected chi connectivity index (χ1v) is 8.26. The Balaban J connectivity index is 1.47. The van der Waals surface area contributed by atoms with Crippen LogP contribution in [0, 0.1) is 11.8 Å². The summed E-state index contributed by atoms with van der Waals surface area (Å²) in [6.07, 6.45) is 6.56. The van der Waals surface area contributed by atoms with Gasteiger partial charge in [-0.15, -0.1) is 5.10 Å². The van der Waals surface area contributed by atoms with E-state index in [-0.39, 0.29) is 11.6 Å². The molecule has 110 valence electrons. The molecule has 3 rings (SSSR count). The van der Waals surface area contributed by atoms with E-state index in [1.54, 1.807) is 0 Å². The fourth-order valence-corrected chi connectivity index (χ4v) is 4.09. The van der Waals surface area contributed by atoms with Crippen molar-refractivity contribution in [3.05, 3.63) is 10.5 Å². The number of carbonyl (C=O) groups is 1. The number of H-pyrrole nitrogens is 2. The highest BCUT2D eigenvalue weighted by Crippen LogP contribution is 2.36. The second-order valence-corrected chi connectivity index (χ2v) is 6.67. The van der Waals surface area contributed by atoms with Crippen LogP contribution in [0.5, 0.6) is 0 Å². The van der Waals surface area contributed by atoms with Crippen LogP contribution in [0.3, 0.4) is 0 Å². The van der Waals surface area contributed by atoms with Crippen LogP contribution in [0.25, 0.3) is 0 Å². The SMILES string of the molecule is O=C(CSc1n[nH]c(=O)[nH]1)N1CCC(C2CCCC2)C1. The summed E-state index contributed by atoms with van der Waals surface area (Å²) in [6.45, 7) is 1.80. The number of hydrogen-bond acceptors (Lipinski definition) is 4. The zero-order chi connectivity index (χ0) is 13.9.